The predicted molar refractivity (Wildman–Crippen MR) is 78.0 cm³/mol. The average molecular weight is 310 g/mol. The minimum absolute atomic E-state index is 0.242. The van der Waals surface area contributed by atoms with E-state index in [-0.39, 0.29) is 18.2 Å². The molecule has 0 amide bonds. The highest BCUT2D eigenvalue weighted by atomic mass is 35.5. The Bertz CT molecular complexity index is 611. The van der Waals surface area contributed by atoms with Gasteiger partial charge in [0.25, 0.3) is 0 Å². The fourth-order valence-corrected chi connectivity index (χ4v) is 3.18. The van der Waals surface area contributed by atoms with E-state index in [0.717, 1.165) is 19.3 Å². The number of rotatable bonds is 4. The van der Waals surface area contributed by atoms with Crippen LogP contribution in [0.5, 0.6) is 0 Å². The summed E-state index contributed by atoms with van der Waals surface area (Å²) in [6, 6.07) is 5.00. The molecule has 4 nitrogen and oxygen atoms in total. The molecule has 1 aromatic heterocycles. The molecule has 1 aliphatic rings. The Morgan fingerprint density at radius 1 is 1.43 bits per heavy atom. The summed E-state index contributed by atoms with van der Waals surface area (Å²) in [4.78, 5) is 4.42. The van der Waals surface area contributed by atoms with Crippen LogP contribution in [-0.2, 0) is 6.42 Å². The van der Waals surface area contributed by atoms with Crippen LogP contribution in [-0.4, -0.2) is 23.2 Å². The Balaban J connectivity index is 1.79. The molecular weight excluding hydrogens is 293 g/mol. The van der Waals surface area contributed by atoms with E-state index in [2.05, 4.69) is 15.5 Å². The van der Waals surface area contributed by atoms with Crippen molar-refractivity contribution in [1.82, 2.24) is 15.5 Å². The van der Waals surface area contributed by atoms with Gasteiger partial charge >= 0.3 is 0 Å². The molecule has 0 bridgehead atoms. The molecule has 1 heterocycles. The molecule has 0 spiro atoms. The highest BCUT2D eigenvalue weighted by molar-refractivity contribution is 6.31. The third-order valence-corrected chi connectivity index (χ3v) is 4.44. The second-order valence-electron chi connectivity index (χ2n) is 5.36. The molecule has 1 aliphatic carbocycles. The van der Waals surface area contributed by atoms with Gasteiger partial charge < -0.3 is 9.84 Å². The van der Waals surface area contributed by atoms with Crippen molar-refractivity contribution in [2.45, 2.75) is 37.6 Å². The van der Waals surface area contributed by atoms with Gasteiger partial charge in [-0.1, -0.05) is 29.2 Å². The molecule has 6 heteroatoms. The van der Waals surface area contributed by atoms with Crippen molar-refractivity contribution in [3.05, 3.63) is 46.3 Å². The summed E-state index contributed by atoms with van der Waals surface area (Å²) in [7, 11) is 1.94. The van der Waals surface area contributed by atoms with Crippen molar-refractivity contribution < 1.29 is 8.91 Å². The van der Waals surface area contributed by atoms with E-state index >= 15 is 0 Å². The molecular formula is C15H17ClFN3O. The van der Waals surface area contributed by atoms with Crippen LogP contribution in [0.2, 0.25) is 5.02 Å². The summed E-state index contributed by atoms with van der Waals surface area (Å²) in [5.74, 6) is 1.00. The van der Waals surface area contributed by atoms with E-state index in [9.17, 15) is 4.39 Å². The number of nitrogens with zero attached hydrogens (tertiary/aromatic N) is 2. The minimum atomic E-state index is -0.345. The van der Waals surface area contributed by atoms with Gasteiger partial charge in [-0.3, -0.25) is 0 Å². The van der Waals surface area contributed by atoms with Crippen molar-refractivity contribution >= 4 is 11.6 Å². The van der Waals surface area contributed by atoms with Gasteiger partial charge in [0.1, 0.15) is 5.82 Å². The van der Waals surface area contributed by atoms with Crippen LogP contribution in [0.1, 0.15) is 42.5 Å². The van der Waals surface area contributed by atoms with Gasteiger partial charge in [-0.2, -0.15) is 4.98 Å². The van der Waals surface area contributed by atoms with Crippen LogP contribution < -0.4 is 5.32 Å². The maximum absolute atomic E-state index is 13.8. The zero-order valence-electron chi connectivity index (χ0n) is 11.8. The maximum atomic E-state index is 13.8. The van der Waals surface area contributed by atoms with Crippen LogP contribution in [0, 0.1) is 5.82 Å². The smallest absolute Gasteiger partial charge is 0.231 e. The molecule has 0 radical (unpaired) electrons. The summed E-state index contributed by atoms with van der Waals surface area (Å²) in [6.07, 6.45) is 3.53. The fourth-order valence-electron chi connectivity index (χ4n) is 2.95. The lowest BCUT2D eigenvalue weighted by Crippen LogP contribution is -2.27. The fraction of sp³-hybridized carbons (Fsp3) is 0.467. The molecule has 1 N–H and O–H groups in total. The van der Waals surface area contributed by atoms with Gasteiger partial charge in [0.2, 0.25) is 5.89 Å². The van der Waals surface area contributed by atoms with Crippen molar-refractivity contribution in [2.75, 3.05) is 7.05 Å². The first-order chi connectivity index (χ1) is 10.2. The number of aromatic nitrogens is 2. The van der Waals surface area contributed by atoms with Gasteiger partial charge in [-0.25, -0.2) is 4.39 Å². The number of halogens is 2. The molecule has 2 aromatic rings. The van der Waals surface area contributed by atoms with Gasteiger partial charge in [0, 0.05) is 23.0 Å². The lowest BCUT2D eigenvalue weighted by Gasteiger charge is -2.14. The Labute approximate surface area is 127 Å². The van der Waals surface area contributed by atoms with E-state index in [1.807, 2.05) is 7.05 Å². The molecule has 112 valence electrons. The molecule has 1 saturated carbocycles. The topological polar surface area (TPSA) is 51.0 Å². The summed E-state index contributed by atoms with van der Waals surface area (Å²) in [5.41, 5.74) is 0.406. The molecule has 0 saturated heterocycles. The number of benzene rings is 1. The maximum Gasteiger partial charge on any atom is 0.231 e. The molecule has 2 atom stereocenters. The first-order valence-corrected chi connectivity index (χ1v) is 7.49. The van der Waals surface area contributed by atoms with E-state index in [1.165, 1.54) is 6.07 Å². The van der Waals surface area contributed by atoms with Crippen molar-refractivity contribution in [3.8, 4) is 0 Å². The lowest BCUT2D eigenvalue weighted by atomic mass is 10.0. The molecule has 1 aromatic carbocycles. The second-order valence-corrected chi connectivity index (χ2v) is 5.77. The first kappa shape index (κ1) is 14.5. The van der Waals surface area contributed by atoms with Crippen LogP contribution in [0.25, 0.3) is 0 Å². The van der Waals surface area contributed by atoms with Crippen LogP contribution >= 0.6 is 11.6 Å². The van der Waals surface area contributed by atoms with Crippen LogP contribution in [0.15, 0.2) is 22.7 Å². The Morgan fingerprint density at radius 2 is 2.29 bits per heavy atom. The van der Waals surface area contributed by atoms with Gasteiger partial charge in [0.05, 0.1) is 5.92 Å². The Hall–Kier alpha value is -1.46. The van der Waals surface area contributed by atoms with Crippen LogP contribution in [0.4, 0.5) is 4.39 Å². The normalized spacial score (nSPS) is 21.9. The standard InChI is InChI=1S/C15H17ClFN3O/c1-18-13-7-2-4-9(13)15-19-14(20-21-15)8-10-11(16)5-3-6-12(10)17/h3,5-6,9,13,18H,2,4,7-8H2,1H3. The van der Waals surface area contributed by atoms with E-state index in [0.29, 0.717) is 28.3 Å². The predicted octanol–water partition coefficient (Wildman–Crippen LogP) is 3.31. The SMILES string of the molecule is CNC1CCCC1c1nc(Cc2c(F)cccc2Cl)no1. The van der Waals surface area contributed by atoms with Crippen molar-refractivity contribution in [1.29, 1.82) is 0 Å². The molecule has 2 unspecified atom stereocenters. The summed E-state index contributed by atoms with van der Waals surface area (Å²) in [5, 5.41) is 7.63. The third kappa shape index (κ3) is 2.94. The van der Waals surface area contributed by atoms with Crippen molar-refractivity contribution in [2.24, 2.45) is 0 Å². The zero-order valence-corrected chi connectivity index (χ0v) is 12.5. The first-order valence-electron chi connectivity index (χ1n) is 7.11. The molecule has 1 fully saturated rings. The van der Waals surface area contributed by atoms with Crippen LogP contribution in [0.3, 0.4) is 0 Å². The Kier molecular flexibility index (Phi) is 4.22. The molecule has 3 rings (SSSR count). The third-order valence-electron chi connectivity index (χ3n) is 4.08. The van der Waals surface area contributed by atoms with Crippen molar-refractivity contribution in [3.63, 3.8) is 0 Å². The summed E-state index contributed by atoms with van der Waals surface area (Å²) in [6.45, 7) is 0. The minimum Gasteiger partial charge on any atom is -0.339 e. The van der Waals surface area contributed by atoms with Gasteiger partial charge in [-0.15, -0.1) is 0 Å². The molecule has 21 heavy (non-hydrogen) atoms. The largest absolute Gasteiger partial charge is 0.339 e. The van der Waals surface area contributed by atoms with E-state index in [1.54, 1.807) is 12.1 Å². The number of hydrogen-bond acceptors (Lipinski definition) is 4. The second kappa shape index (κ2) is 6.12. The van der Waals surface area contributed by atoms with E-state index in [4.69, 9.17) is 16.1 Å². The quantitative estimate of drug-likeness (QED) is 0.941. The molecule has 0 aliphatic heterocycles. The van der Waals surface area contributed by atoms with Gasteiger partial charge in [0.15, 0.2) is 5.82 Å². The highest BCUT2D eigenvalue weighted by Gasteiger charge is 2.31. The Morgan fingerprint density at radius 3 is 3.05 bits per heavy atom. The highest BCUT2D eigenvalue weighted by Crippen LogP contribution is 2.33. The van der Waals surface area contributed by atoms with Gasteiger partial charge in [-0.05, 0) is 32.0 Å². The number of likely N-dealkylation sites (N-methyl/N-ethyl adjacent to an activating group) is 1. The lowest BCUT2D eigenvalue weighted by molar-refractivity contribution is 0.332. The number of hydrogen-bond donors (Lipinski definition) is 1. The monoisotopic (exact) mass is 309 g/mol. The average Bonchev–Trinajstić information content (AvgIpc) is 3.11. The van der Waals surface area contributed by atoms with E-state index < -0.39 is 0 Å². The summed E-state index contributed by atoms with van der Waals surface area (Å²) < 4.78 is 19.1. The zero-order chi connectivity index (χ0) is 14.8. The summed E-state index contributed by atoms with van der Waals surface area (Å²) >= 11 is 6.02. The number of nitrogens with one attached hydrogen (secondary N) is 1.